The Labute approximate surface area is 168 Å². The van der Waals surface area contributed by atoms with Gasteiger partial charge in [-0.3, -0.25) is 0 Å². The first-order chi connectivity index (χ1) is 14.1. The fraction of sp³-hybridized carbons (Fsp3) is 0.438. The van der Waals surface area contributed by atoms with Gasteiger partial charge in [0.2, 0.25) is 0 Å². The molecule has 0 amide bonds. The van der Waals surface area contributed by atoms with Crippen molar-refractivity contribution in [3.8, 4) is 0 Å². The van der Waals surface area contributed by atoms with Gasteiger partial charge in [-0.15, -0.1) is 0 Å². The number of fused-ring (bicyclic) bond motifs is 1. The summed E-state index contributed by atoms with van der Waals surface area (Å²) in [6.45, 7) is 0. The number of imidazole rings is 1. The third-order valence-corrected chi connectivity index (χ3v) is 4.42. The van der Waals surface area contributed by atoms with E-state index < -0.39 is 48.5 Å². The van der Waals surface area contributed by atoms with Crippen molar-refractivity contribution in [3.05, 3.63) is 24.8 Å². The summed E-state index contributed by atoms with van der Waals surface area (Å²) >= 11 is 0. The predicted octanol–water partition coefficient (Wildman–Crippen LogP) is -2.87. The summed E-state index contributed by atoms with van der Waals surface area (Å²) < 4.78 is 6.43. The number of aliphatic hydroxyl groups excluding tert-OH is 4. The van der Waals surface area contributed by atoms with E-state index in [1.165, 1.54) is 24.3 Å². The lowest BCUT2D eigenvalue weighted by molar-refractivity contribution is -0.206. The van der Waals surface area contributed by atoms with E-state index in [9.17, 15) is 30.0 Å². The van der Waals surface area contributed by atoms with Crippen LogP contribution < -0.4 is 5.73 Å². The number of carboxylic acids is 2. The van der Waals surface area contributed by atoms with Gasteiger partial charge in [-0.05, 0) is 0 Å². The quantitative estimate of drug-likeness (QED) is 0.243. The summed E-state index contributed by atoms with van der Waals surface area (Å²) in [7, 11) is 1.30. The Kier molecular flexibility index (Phi) is 7.36. The molecule has 30 heavy (non-hydrogen) atoms. The highest BCUT2D eigenvalue weighted by Gasteiger charge is 2.50. The first-order valence-corrected chi connectivity index (χ1v) is 8.42. The van der Waals surface area contributed by atoms with Gasteiger partial charge in [0.25, 0.3) is 0 Å². The summed E-state index contributed by atoms with van der Waals surface area (Å²) in [4.78, 5) is 31.0. The number of carbonyl (C=O) groups is 2. The molecule has 2 aromatic heterocycles. The Bertz CT molecular complexity index is 917. The minimum atomic E-state index is -1.49. The molecule has 1 saturated carbocycles. The highest BCUT2D eigenvalue weighted by atomic mass is 16.5. The molecule has 14 heteroatoms. The molecular formula is C16H21N5O9. The first-order valence-electron chi connectivity index (χ1n) is 8.42. The molecule has 1 fully saturated rings. The number of nitrogens with two attached hydrogens (primary N) is 1. The maximum atomic E-state index is 10.4. The zero-order valence-electron chi connectivity index (χ0n) is 15.5. The van der Waals surface area contributed by atoms with Crippen molar-refractivity contribution in [1.29, 1.82) is 0 Å². The van der Waals surface area contributed by atoms with Crippen LogP contribution in [0.15, 0.2) is 24.8 Å². The van der Waals surface area contributed by atoms with E-state index >= 15 is 0 Å². The van der Waals surface area contributed by atoms with Crippen molar-refractivity contribution >= 4 is 28.9 Å². The minimum Gasteiger partial charge on any atom is -0.478 e. The number of nitrogen functional groups attached to an aromatic ring is 1. The largest absolute Gasteiger partial charge is 0.478 e. The van der Waals surface area contributed by atoms with Crippen LogP contribution in [0.2, 0.25) is 0 Å². The normalized spacial score (nSPS) is 28.8. The molecule has 0 spiro atoms. The number of ether oxygens (including phenoxy) is 1. The smallest absolute Gasteiger partial charge is 0.328 e. The molecule has 2 aromatic rings. The maximum Gasteiger partial charge on any atom is 0.328 e. The molecule has 0 unspecified atom stereocenters. The second-order valence-corrected chi connectivity index (χ2v) is 6.25. The van der Waals surface area contributed by atoms with Gasteiger partial charge in [-0.25, -0.2) is 24.5 Å². The lowest BCUT2D eigenvalue weighted by Crippen LogP contribution is -2.61. The van der Waals surface area contributed by atoms with Gasteiger partial charge in [-0.1, -0.05) is 0 Å². The highest BCUT2D eigenvalue weighted by Crippen LogP contribution is 2.33. The molecule has 2 heterocycles. The van der Waals surface area contributed by atoms with E-state index in [4.69, 9.17) is 20.7 Å². The summed E-state index contributed by atoms with van der Waals surface area (Å²) in [5.41, 5.74) is 6.32. The van der Waals surface area contributed by atoms with Gasteiger partial charge in [0.15, 0.2) is 11.5 Å². The van der Waals surface area contributed by atoms with Gasteiger partial charge in [-0.2, -0.15) is 0 Å². The number of hydrogen-bond donors (Lipinski definition) is 7. The number of hydrogen-bond acceptors (Lipinski definition) is 11. The van der Waals surface area contributed by atoms with Crippen molar-refractivity contribution in [2.24, 2.45) is 0 Å². The molecule has 1 aliphatic carbocycles. The average Bonchev–Trinajstić information content (AvgIpc) is 3.11. The summed E-state index contributed by atoms with van der Waals surface area (Å²) in [6, 6.07) is -1.01. The van der Waals surface area contributed by atoms with Crippen LogP contribution in [0.25, 0.3) is 11.2 Å². The molecule has 14 nitrogen and oxygen atoms in total. The second-order valence-electron chi connectivity index (χ2n) is 6.25. The highest BCUT2D eigenvalue weighted by molar-refractivity contribution is 5.89. The molecule has 1 aliphatic rings. The van der Waals surface area contributed by atoms with E-state index in [0.29, 0.717) is 23.3 Å². The third kappa shape index (κ3) is 4.69. The lowest BCUT2D eigenvalue weighted by atomic mass is 9.83. The first kappa shape index (κ1) is 23.1. The zero-order valence-corrected chi connectivity index (χ0v) is 15.5. The number of nitrogens with zero attached hydrogens (tertiary/aromatic N) is 4. The molecule has 6 atom stereocenters. The Morgan fingerprint density at radius 1 is 1.00 bits per heavy atom. The third-order valence-electron chi connectivity index (χ3n) is 4.42. The van der Waals surface area contributed by atoms with Gasteiger partial charge in [0.05, 0.1) is 12.4 Å². The monoisotopic (exact) mass is 427 g/mol. The zero-order chi connectivity index (χ0) is 22.6. The molecule has 3 rings (SSSR count). The summed E-state index contributed by atoms with van der Waals surface area (Å²) in [6.07, 6.45) is -3.02. The van der Waals surface area contributed by atoms with Crippen LogP contribution in [0.3, 0.4) is 0 Å². The fourth-order valence-corrected chi connectivity index (χ4v) is 3.04. The molecule has 0 aromatic carbocycles. The Morgan fingerprint density at radius 3 is 2.13 bits per heavy atom. The molecule has 8 N–H and O–H groups in total. The van der Waals surface area contributed by atoms with Crippen LogP contribution in [0, 0.1) is 0 Å². The number of anilines is 1. The van der Waals surface area contributed by atoms with Gasteiger partial charge in [0.1, 0.15) is 42.4 Å². The van der Waals surface area contributed by atoms with Gasteiger partial charge < -0.3 is 45.7 Å². The molecule has 164 valence electrons. The van der Waals surface area contributed by atoms with Crippen LogP contribution >= 0.6 is 0 Å². The van der Waals surface area contributed by atoms with Crippen LogP contribution in [0.1, 0.15) is 6.04 Å². The average molecular weight is 427 g/mol. The van der Waals surface area contributed by atoms with Gasteiger partial charge >= 0.3 is 11.9 Å². The Balaban J connectivity index is 0.000000343. The lowest BCUT2D eigenvalue weighted by Gasteiger charge is -2.43. The van der Waals surface area contributed by atoms with Crippen molar-refractivity contribution < 1.29 is 45.0 Å². The van der Waals surface area contributed by atoms with Crippen molar-refractivity contribution in [3.63, 3.8) is 0 Å². The Morgan fingerprint density at radius 2 is 1.60 bits per heavy atom. The Hall–Kier alpha value is -3.17. The number of aliphatic carboxylic acids is 2. The van der Waals surface area contributed by atoms with Crippen molar-refractivity contribution in [2.75, 3.05) is 12.8 Å². The summed E-state index contributed by atoms with van der Waals surface area (Å²) in [5, 5.41) is 56.1. The van der Waals surface area contributed by atoms with E-state index in [-0.39, 0.29) is 5.82 Å². The number of carboxylic acid groups (broad SMARTS) is 2. The van der Waals surface area contributed by atoms with E-state index in [2.05, 4.69) is 15.0 Å². The fourth-order valence-electron chi connectivity index (χ4n) is 3.04. The standard InChI is InChI=1S/C12H17N5O5.C4H4O4/c1-22-10-7(19)5(6(18)8(20)9(10)21)17-3-16-4-11(13)14-2-15-12(4)17;5-3(6)1-2-4(7)8/h2-3,5-10,18-21H,1H3,(H2,13,14,15);1-2H,(H,5,6)(H,7,8)/b;2-1+/t5-,6-,7+,8+,9+,10+;/m1./s1. The van der Waals surface area contributed by atoms with Crippen molar-refractivity contribution in [2.45, 2.75) is 36.6 Å². The predicted molar refractivity (Wildman–Crippen MR) is 98.0 cm³/mol. The second kappa shape index (κ2) is 9.55. The number of methoxy groups -OCH3 is 1. The van der Waals surface area contributed by atoms with E-state index in [1.807, 2.05) is 0 Å². The van der Waals surface area contributed by atoms with Crippen LogP contribution in [0.5, 0.6) is 0 Å². The van der Waals surface area contributed by atoms with Crippen LogP contribution in [-0.2, 0) is 14.3 Å². The topological polar surface area (TPSA) is 234 Å². The number of rotatable bonds is 4. The molecule has 0 saturated heterocycles. The molecular weight excluding hydrogens is 406 g/mol. The van der Waals surface area contributed by atoms with Gasteiger partial charge in [0, 0.05) is 19.3 Å². The van der Waals surface area contributed by atoms with E-state index in [0.717, 1.165) is 0 Å². The molecule has 0 radical (unpaired) electrons. The van der Waals surface area contributed by atoms with Crippen molar-refractivity contribution in [1.82, 2.24) is 19.5 Å². The molecule has 0 bridgehead atoms. The minimum absolute atomic E-state index is 0.160. The number of aliphatic hydroxyl groups is 4. The van der Waals surface area contributed by atoms with Crippen LogP contribution in [-0.4, -0.2) is 99.7 Å². The molecule has 0 aliphatic heterocycles. The van der Waals surface area contributed by atoms with Crippen LogP contribution in [0.4, 0.5) is 5.82 Å². The van der Waals surface area contributed by atoms with E-state index in [1.54, 1.807) is 0 Å². The SMILES string of the molecule is CO[C@H]1[C@@H](O)[C@H](n2cnc3c(N)ncnc32)[C@@H](O)[C@H](O)[C@@H]1O.O=C(O)/C=C/C(=O)O. The maximum absolute atomic E-state index is 10.4. The number of aromatic nitrogens is 4. The summed E-state index contributed by atoms with van der Waals surface area (Å²) in [5.74, 6) is -2.35.